The van der Waals surface area contributed by atoms with Crippen LogP contribution >= 0.6 is 0 Å². The van der Waals surface area contributed by atoms with Crippen molar-refractivity contribution < 1.29 is 14.7 Å². The molecule has 2 amide bonds. The van der Waals surface area contributed by atoms with Gasteiger partial charge in [-0.15, -0.1) is 0 Å². The first-order valence-corrected chi connectivity index (χ1v) is 7.29. The van der Waals surface area contributed by atoms with Gasteiger partial charge in [0.15, 0.2) is 0 Å². The maximum Gasteiger partial charge on any atom is 0.259 e. The molecule has 0 aromatic heterocycles. The molecule has 0 aliphatic carbocycles. The highest BCUT2D eigenvalue weighted by Crippen LogP contribution is 2.20. The Balaban J connectivity index is 2.26. The fourth-order valence-electron chi connectivity index (χ4n) is 2.05. The largest absolute Gasteiger partial charge is 0.507 e. The number of nitrogens with one attached hydrogen (secondary N) is 2. The van der Waals surface area contributed by atoms with Crippen LogP contribution in [0.15, 0.2) is 48.5 Å². The van der Waals surface area contributed by atoms with Crippen molar-refractivity contribution in [2.75, 3.05) is 5.32 Å². The molecule has 0 radical (unpaired) electrons. The van der Waals surface area contributed by atoms with Crippen molar-refractivity contribution in [2.45, 2.75) is 26.3 Å². The molecule has 0 saturated carbocycles. The molecule has 120 valence electrons. The maximum absolute atomic E-state index is 12.4. The molecule has 2 aromatic carbocycles. The van der Waals surface area contributed by atoms with Crippen LogP contribution < -0.4 is 10.6 Å². The van der Waals surface area contributed by atoms with E-state index in [1.165, 1.54) is 12.1 Å². The number of anilines is 1. The second-order valence-corrected chi connectivity index (χ2v) is 6.22. The van der Waals surface area contributed by atoms with Crippen molar-refractivity contribution in [3.8, 4) is 5.75 Å². The van der Waals surface area contributed by atoms with Crippen molar-refractivity contribution in [1.29, 1.82) is 0 Å². The molecule has 0 unspecified atom stereocenters. The first-order valence-electron chi connectivity index (χ1n) is 7.29. The molecule has 5 heteroatoms. The van der Waals surface area contributed by atoms with E-state index in [0.717, 1.165) is 0 Å². The van der Waals surface area contributed by atoms with Gasteiger partial charge in [0.2, 0.25) is 0 Å². The highest BCUT2D eigenvalue weighted by Gasteiger charge is 2.19. The normalized spacial score (nSPS) is 10.9. The number of hydrogen-bond acceptors (Lipinski definition) is 3. The van der Waals surface area contributed by atoms with Crippen molar-refractivity contribution >= 4 is 17.5 Å². The van der Waals surface area contributed by atoms with E-state index >= 15 is 0 Å². The Bertz CT molecular complexity index is 733. The molecule has 0 spiro atoms. The van der Waals surface area contributed by atoms with E-state index in [1.807, 2.05) is 20.8 Å². The van der Waals surface area contributed by atoms with Crippen molar-refractivity contribution in [3.05, 3.63) is 59.7 Å². The van der Waals surface area contributed by atoms with Crippen LogP contribution in [0.1, 0.15) is 41.5 Å². The average molecular weight is 312 g/mol. The number of phenols is 1. The lowest BCUT2D eigenvalue weighted by atomic mass is 10.1. The highest BCUT2D eigenvalue weighted by molar-refractivity contribution is 6.10. The van der Waals surface area contributed by atoms with Crippen molar-refractivity contribution in [2.24, 2.45) is 0 Å². The smallest absolute Gasteiger partial charge is 0.259 e. The van der Waals surface area contributed by atoms with Gasteiger partial charge in [0.25, 0.3) is 11.8 Å². The third-order valence-corrected chi connectivity index (χ3v) is 3.06. The Morgan fingerprint density at radius 3 is 2.04 bits per heavy atom. The van der Waals surface area contributed by atoms with Crippen LogP contribution in [-0.4, -0.2) is 22.5 Å². The molecule has 2 aromatic rings. The molecular formula is C18H20N2O3. The van der Waals surface area contributed by atoms with Crippen LogP contribution in [-0.2, 0) is 0 Å². The minimum absolute atomic E-state index is 0.110. The summed E-state index contributed by atoms with van der Waals surface area (Å²) in [5.41, 5.74) is 0.526. The molecule has 0 saturated heterocycles. The lowest BCUT2D eigenvalue weighted by Gasteiger charge is -2.21. The van der Waals surface area contributed by atoms with E-state index in [-0.39, 0.29) is 22.8 Å². The number of phenolic OH excluding ortho intramolecular Hbond substituents is 1. The summed E-state index contributed by atoms with van der Waals surface area (Å²) >= 11 is 0. The number of amides is 2. The average Bonchev–Trinajstić information content (AvgIpc) is 2.46. The van der Waals surface area contributed by atoms with Crippen molar-refractivity contribution in [1.82, 2.24) is 5.32 Å². The number of rotatable bonds is 3. The summed E-state index contributed by atoms with van der Waals surface area (Å²) in [5.74, 6) is -0.855. The summed E-state index contributed by atoms with van der Waals surface area (Å²) in [5, 5.41) is 15.3. The summed E-state index contributed by atoms with van der Waals surface area (Å²) in [7, 11) is 0. The van der Waals surface area contributed by atoms with E-state index in [0.29, 0.717) is 11.3 Å². The van der Waals surface area contributed by atoms with Gasteiger partial charge in [0, 0.05) is 5.54 Å². The topological polar surface area (TPSA) is 78.4 Å². The van der Waals surface area contributed by atoms with E-state index in [1.54, 1.807) is 36.4 Å². The zero-order chi connectivity index (χ0) is 17.0. The second-order valence-electron chi connectivity index (χ2n) is 6.22. The summed E-state index contributed by atoms with van der Waals surface area (Å²) in [6.07, 6.45) is 0. The van der Waals surface area contributed by atoms with Gasteiger partial charge in [-0.25, -0.2) is 0 Å². The first-order chi connectivity index (χ1) is 10.8. The molecule has 0 bridgehead atoms. The number of benzene rings is 2. The quantitative estimate of drug-likeness (QED) is 0.814. The third-order valence-electron chi connectivity index (χ3n) is 3.06. The number of aromatic hydroxyl groups is 1. The Kier molecular flexibility index (Phi) is 4.69. The molecule has 3 N–H and O–H groups in total. The molecule has 23 heavy (non-hydrogen) atoms. The predicted molar refractivity (Wildman–Crippen MR) is 89.7 cm³/mol. The first kappa shape index (κ1) is 16.5. The third kappa shape index (κ3) is 4.32. The number of carbonyl (C=O) groups is 2. The fraction of sp³-hybridized carbons (Fsp3) is 0.222. The standard InChI is InChI=1S/C18H20N2O3/c1-18(2,3)20-17(23)12-8-4-6-10-14(12)19-16(22)13-9-5-7-11-15(13)21/h4-11,21H,1-3H3,(H,19,22)(H,20,23). The SMILES string of the molecule is CC(C)(C)NC(=O)c1ccccc1NC(=O)c1ccccc1O. The number of hydrogen-bond donors (Lipinski definition) is 3. The van der Waals surface area contributed by atoms with Gasteiger partial charge in [-0.2, -0.15) is 0 Å². The Morgan fingerprint density at radius 1 is 0.870 bits per heavy atom. The summed E-state index contributed by atoms with van der Waals surface area (Å²) in [6.45, 7) is 5.65. The number of carbonyl (C=O) groups excluding carboxylic acids is 2. The zero-order valence-electron chi connectivity index (χ0n) is 13.4. The molecule has 0 aliphatic rings. The minimum Gasteiger partial charge on any atom is -0.507 e. The Hall–Kier alpha value is -2.82. The van der Waals surface area contributed by atoms with Crippen LogP contribution in [0.4, 0.5) is 5.69 Å². The lowest BCUT2D eigenvalue weighted by Crippen LogP contribution is -2.40. The van der Waals surface area contributed by atoms with E-state index in [9.17, 15) is 14.7 Å². The van der Waals surface area contributed by atoms with Gasteiger partial charge in [-0.05, 0) is 45.0 Å². The summed E-state index contributed by atoms with van der Waals surface area (Å²) in [4.78, 5) is 24.6. The number of para-hydroxylation sites is 2. The van der Waals surface area contributed by atoms with Crippen molar-refractivity contribution in [3.63, 3.8) is 0 Å². The van der Waals surface area contributed by atoms with E-state index < -0.39 is 5.91 Å². The molecular weight excluding hydrogens is 292 g/mol. The van der Waals surface area contributed by atoms with Crippen LogP contribution in [0.2, 0.25) is 0 Å². The lowest BCUT2D eigenvalue weighted by molar-refractivity contribution is 0.0920. The Labute approximate surface area is 135 Å². The van der Waals surface area contributed by atoms with Crippen LogP contribution in [0.25, 0.3) is 0 Å². The molecule has 0 atom stereocenters. The van der Waals surface area contributed by atoms with E-state index in [4.69, 9.17) is 0 Å². The molecule has 0 heterocycles. The van der Waals surface area contributed by atoms with Gasteiger partial charge >= 0.3 is 0 Å². The van der Waals surface area contributed by atoms with Crippen LogP contribution in [0.3, 0.4) is 0 Å². The van der Waals surface area contributed by atoms with Gasteiger partial charge in [-0.1, -0.05) is 24.3 Å². The molecule has 0 aliphatic heterocycles. The van der Waals surface area contributed by atoms with Crippen LogP contribution in [0.5, 0.6) is 5.75 Å². The molecule has 5 nitrogen and oxygen atoms in total. The van der Waals surface area contributed by atoms with E-state index in [2.05, 4.69) is 10.6 Å². The maximum atomic E-state index is 12.4. The second kappa shape index (κ2) is 6.52. The monoisotopic (exact) mass is 312 g/mol. The summed E-state index contributed by atoms with van der Waals surface area (Å²) < 4.78 is 0. The van der Waals surface area contributed by atoms with Gasteiger partial charge in [0.1, 0.15) is 5.75 Å². The highest BCUT2D eigenvalue weighted by atomic mass is 16.3. The predicted octanol–water partition coefficient (Wildman–Crippen LogP) is 3.17. The Morgan fingerprint density at radius 2 is 1.43 bits per heavy atom. The zero-order valence-corrected chi connectivity index (χ0v) is 13.4. The fourth-order valence-corrected chi connectivity index (χ4v) is 2.05. The minimum atomic E-state index is -0.473. The summed E-state index contributed by atoms with van der Waals surface area (Å²) in [6, 6.07) is 13.0. The van der Waals surface area contributed by atoms with Gasteiger partial charge < -0.3 is 15.7 Å². The van der Waals surface area contributed by atoms with Gasteiger partial charge in [0.05, 0.1) is 16.8 Å². The van der Waals surface area contributed by atoms with Crippen LogP contribution in [0, 0.1) is 0 Å². The molecule has 0 fully saturated rings. The van der Waals surface area contributed by atoms with Gasteiger partial charge in [-0.3, -0.25) is 9.59 Å². The molecule has 2 rings (SSSR count).